The van der Waals surface area contributed by atoms with E-state index in [4.69, 9.17) is 16.7 Å². The first-order valence-electron chi connectivity index (χ1n) is 5.75. The van der Waals surface area contributed by atoms with Gasteiger partial charge in [0.2, 0.25) is 10.0 Å². The molecule has 0 aliphatic carbocycles. The van der Waals surface area contributed by atoms with Gasteiger partial charge in [-0.3, -0.25) is 0 Å². The van der Waals surface area contributed by atoms with Crippen molar-refractivity contribution in [1.82, 2.24) is 8.61 Å². The predicted octanol–water partition coefficient (Wildman–Crippen LogP) is -0.150. The van der Waals surface area contributed by atoms with E-state index in [2.05, 4.69) is 0 Å². The average Bonchev–Trinajstić information content (AvgIpc) is 2.38. The molecule has 1 aliphatic heterocycles. The van der Waals surface area contributed by atoms with Crippen LogP contribution in [0.5, 0.6) is 0 Å². The number of nitrogens with zero attached hydrogens (tertiary/aromatic N) is 2. The fraction of sp³-hybridized carbons (Fsp3) is 0.400. The van der Waals surface area contributed by atoms with Gasteiger partial charge in [0.15, 0.2) is 0 Å². The van der Waals surface area contributed by atoms with Crippen molar-refractivity contribution in [2.45, 2.75) is 4.90 Å². The number of halogens is 1. The van der Waals surface area contributed by atoms with Gasteiger partial charge in [0.25, 0.3) is 10.2 Å². The van der Waals surface area contributed by atoms with Crippen LogP contribution >= 0.6 is 11.6 Å². The lowest BCUT2D eigenvalue weighted by Crippen LogP contribution is -2.52. The molecule has 0 radical (unpaired) electrons. The monoisotopic (exact) mass is 339 g/mol. The van der Waals surface area contributed by atoms with Crippen LogP contribution in [0.3, 0.4) is 0 Å². The first-order valence-corrected chi connectivity index (χ1v) is 9.07. The van der Waals surface area contributed by atoms with Crippen LogP contribution in [0, 0.1) is 0 Å². The normalized spacial score (nSPS) is 19.1. The first kappa shape index (κ1) is 15.7. The van der Waals surface area contributed by atoms with Crippen molar-refractivity contribution < 1.29 is 16.8 Å². The van der Waals surface area contributed by atoms with Gasteiger partial charge < -0.3 is 0 Å². The Hall–Kier alpha value is -0.710. The second kappa shape index (κ2) is 5.58. The van der Waals surface area contributed by atoms with Gasteiger partial charge >= 0.3 is 0 Å². The second-order valence-electron chi connectivity index (χ2n) is 4.28. The summed E-state index contributed by atoms with van der Waals surface area (Å²) in [5.41, 5.74) is 0. The van der Waals surface area contributed by atoms with Gasteiger partial charge in [0.1, 0.15) is 4.90 Å². The number of benzene rings is 1. The third-order valence-electron chi connectivity index (χ3n) is 3.01. The first-order chi connectivity index (χ1) is 9.23. The molecule has 1 saturated heterocycles. The highest BCUT2D eigenvalue weighted by atomic mass is 35.5. The minimum atomic E-state index is -3.78. The molecule has 1 fully saturated rings. The molecule has 20 heavy (non-hydrogen) atoms. The standard InChI is InChI=1S/C10H14ClN3O4S2/c11-9-3-1-2-4-10(9)19(15,16)13-5-7-14(8-6-13)20(12,17)18/h1-4H,5-8H2,(H2,12,17,18). The number of sulfonamides is 1. The van der Waals surface area contributed by atoms with Gasteiger partial charge in [0.05, 0.1) is 5.02 Å². The van der Waals surface area contributed by atoms with E-state index in [0.717, 1.165) is 4.31 Å². The van der Waals surface area contributed by atoms with E-state index in [1.807, 2.05) is 0 Å². The molecule has 1 aliphatic rings. The predicted molar refractivity (Wildman–Crippen MR) is 74.9 cm³/mol. The van der Waals surface area contributed by atoms with Crippen LogP contribution in [0.1, 0.15) is 0 Å². The Kier molecular flexibility index (Phi) is 4.38. The smallest absolute Gasteiger partial charge is 0.216 e. The van der Waals surface area contributed by atoms with Gasteiger partial charge in [-0.2, -0.15) is 17.0 Å². The molecule has 1 heterocycles. The van der Waals surface area contributed by atoms with Crippen LogP contribution in [0.15, 0.2) is 29.2 Å². The molecule has 0 aromatic heterocycles. The fourth-order valence-electron chi connectivity index (χ4n) is 1.96. The highest BCUT2D eigenvalue weighted by molar-refractivity contribution is 7.89. The maximum Gasteiger partial charge on any atom is 0.276 e. The summed E-state index contributed by atoms with van der Waals surface area (Å²) < 4.78 is 49.4. The summed E-state index contributed by atoms with van der Waals surface area (Å²) in [4.78, 5) is 0.0192. The lowest BCUT2D eigenvalue weighted by atomic mass is 10.4. The number of nitrogens with two attached hydrogens (primary N) is 1. The number of hydrogen-bond acceptors (Lipinski definition) is 4. The van der Waals surface area contributed by atoms with Crippen molar-refractivity contribution in [2.75, 3.05) is 26.2 Å². The van der Waals surface area contributed by atoms with E-state index in [1.165, 1.54) is 16.4 Å². The van der Waals surface area contributed by atoms with Crippen LogP contribution < -0.4 is 5.14 Å². The summed E-state index contributed by atoms with van der Waals surface area (Å²) in [6.45, 7) is 0.152. The number of piperazine rings is 1. The molecule has 0 unspecified atom stereocenters. The third kappa shape index (κ3) is 3.13. The van der Waals surface area contributed by atoms with Crippen LogP contribution in [-0.4, -0.2) is 51.6 Å². The molecule has 0 bridgehead atoms. The zero-order valence-electron chi connectivity index (χ0n) is 10.4. The summed E-state index contributed by atoms with van der Waals surface area (Å²) >= 11 is 5.90. The number of rotatable bonds is 3. The summed E-state index contributed by atoms with van der Waals surface area (Å²) in [7, 11) is -7.50. The third-order valence-corrected chi connectivity index (χ3v) is 6.50. The van der Waals surface area contributed by atoms with Crippen molar-refractivity contribution in [3.05, 3.63) is 29.3 Å². The molecular formula is C10H14ClN3O4S2. The molecule has 0 atom stereocenters. The van der Waals surface area contributed by atoms with Crippen molar-refractivity contribution in [1.29, 1.82) is 0 Å². The summed E-state index contributed by atoms with van der Waals surface area (Å²) in [5, 5.41) is 5.15. The van der Waals surface area contributed by atoms with Gasteiger partial charge in [-0.05, 0) is 12.1 Å². The molecule has 1 aromatic carbocycles. The molecule has 0 amide bonds. The van der Waals surface area contributed by atoms with E-state index >= 15 is 0 Å². The molecule has 0 spiro atoms. The molecule has 7 nitrogen and oxygen atoms in total. The second-order valence-corrected chi connectivity index (χ2v) is 8.14. The largest absolute Gasteiger partial charge is 0.276 e. The molecule has 112 valence electrons. The lowest BCUT2D eigenvalue weighted by molar-refractivity contribution is 0.273. The molecule has 2 rings (SSSR count). The van der Waals surface area contributed by atoms with E-state index < -0.39 is 20.2 Å². The maximum atomic E-state index is 12.4. The Bertz CT molecular complexity index is 697. The highest BCUT2D eigenvalue weighted by Crippen LogP contribution is 2.25. The van der Waals surface area contributed by atoms with Gasteiger partial charge in [-0.25, -0.2) is 13.6 Å². The van der Waals surface area contributed by atoms with Crippen molar-refractivity contribution in [3.63, 3.8) is 0 Å². The van der Waals surface area contributed by atoms with Crippen molar-refractivity contribution in [2.24, 2.45) is 5.14 Å². The Morgan fingerprint density at radius 2 is 1.45 bits per heavy atom. The van der Waals surface area contributed by atoms with Crippen molar-refractivity contribution >= 4 is 31.8 Å². The maximum absolute atomic E-state index is 12.4. The molecular weight excluding hydrogens is 326 g/mol. The lowest BCUT2D eigenvalue weighted by Gasteiger charge is -2.32. The molecule has 10 heteroatoms. The van der Waals surface area contributed by atoms with Crippen molar-refractivity contribution in [3.8, 4) is 0 Å². The quantitative estimate of drug-likeness (QED) is 0.827. The van der Waals surface area contributed by atoms with E-state index in [0.29, 0.717) is 0 Å². The summed E-state index contributed by atoms with van der Waals surface area (Å²) in [6, 6.07) is 6.14. The fourth-order valence-corrected chi connectivity index (χ4v) is 4.55. The van der Waals surface area contributed by atoms with Crippen LogP contribution in [-0.2, 0) is 20.2 Å². The zero-order chi connectivity index (χ0) is 15.0. The van der Waals surface area contributed by atoms with E-state index in [1.54, 1.807) is 12.1 Å². The minimum absolute atomic E-state index is 0.0192. The SMILES string of the molecule is NS(=O)(=O)N1CCN(S(=O)(=O)c2ccccc2Cl)CC1. The van der Waals surface area contributed by atoms with E-state index in [9.17, 15) is 16.8 Å². The Morgan fingerprint density at radius 1 is 0.950 bits per heavy atom. The van der Waals surface area contributed by atoms with Gasteiger partial charge in [-0.1, -0.05) is 23.7 Å². The molecule has 0 saturated carbocycles. The Balaban J connectivity index is 2.20. The number of hydrogen-bond donors (Lipinski definition) is 1. The summed E-state index contributed by atoms with van der Waals surface area (Å²) in [6.07, 6.45) is 0. The van der Waals surface area contributed by atoms with Gasteiger partial charge in [-0.15, -0.1) is 0 Å². The molecule has 1 aromatic rings. The van der Waals surface area contributed by atoms with Crippen LogP contribution in [0.25, 0.3) is 0 Å². The van der Waals surface area contributed by atoms with Crippen LogP contribution in [0.4, 0.5) is 0 Å². The molecule has 2 N–H and O–H groups in total. The minimum Gasteiger partial charge on any atom is -0.216 e. The zero-order valence-corrected chi connectivity index (χ0v) is 12.8. The van der Waals surface area contributed by atoms with Crippen LogP contribution in [0.2, 0.25) is 5.02 Å². The van der Waals surface area contributed by atoms with E-state index in [-0.39, 0.29) is 36.1 Å². The highest BCUT2D eigenvalue weighted by Gasteiger charge is 2.32. The summed E-state index contributed by atoms with van der Waals surface area (Å²) in [5.74, 6) is 0. The Morgan fingerprint density at radius 3 is 1.95 bits per heavy atom. The van der Waals surface area contributed by atoms with Gasteiger partial charge in [0, 0.05) is 26.2 Å². The Labute approximate surface area is 123 Å². The average molecular weight is 340 g/mol. The topological polar surface area (TPSA) is 101 Å².